The predicted molar refractivity (Wildman–Crippen MR) is 62.0 cm³/mol. The highest BCUT2D eigenvalue weighted by Gasteiger charge is 2.51. The molecule has 0 bridgehead atoms. The molecule has 1 amide bonds. The minimum atomic E-state index is -0.344. The number of piperidine rings is 1. The van der Waals surface area contributed by atoms with E-state index in [9.17, 15) is 9.90 Å². The summed E-state index contributed by atoms with van der Waals surface area (Å²) in [5.74, 6) is 0.0898. The molecule has 1 spiro atoms. The van der Waals surface area contributed by atoms with Gasteiger partial charge >= 0.3 is 0 Å². The van der Waals surface area contributed by atoms with Gasteiger partial charge in [0.2, 0.25) is 5.91 Å². The zero-order valence-corrected chi connectivity index (χ0v) is 10.3. The van der Waals surface area contributed by atoms with E-state index < -0.39 is 0 Å². The Kier molecular flexibility index (Phi) is 2.97. The molecule has 2 aliphatic rings. The molecule has 4 nitrogen and oxygen atoms in total. The van der Waals surface area contributed by atoms with Gasteiger partial charge in [0, 0.05) is 13.5 Å². The van der Waals surface area contributed by atoms with Crippen molar-refractivity contribution in [2.24, 2.45) is 5.41 Å². The van der Waals surface area contributed by atoms with E-state index >= 15 is 0 Å². The van der Waals surface area contributed by atoms with Crippen LogP contribution in [-0.2, 0) is 4.79 Å². The Morgan fingerprint density at radius 3 is 2.50 bits per heavy atom. The molecule has 0 aliphatic carbocycles. The average molecular weight is 226 g/mol. The van der Waals surface area contributed by atoms with E-state index in [-0.39, 0.29) is 23.5 Å². The summed E-state index contributed by atoms with van der Waals surface area (Å²) in [5, 5.41) is 12.9. The number of aliphatic hydroxyl groups is 1. The maximum Gasteiger partial charge on any atom is 0.219 e. The SMILES string of the molecule is CC(=O)N1CC2(CCNCC2)C[C@@]1(C)CO. The molecule has 16 heavy (non-hydrogen) atoms. The Morgan fingerprint density at radius 2 is 2.06 bits per heavy atom. The lowest BCUT2D eigenvalue weighted by Gasteiger charge is -2.33. The normalized spacial score (nSPS) is 33.3. The molecule has 92 valence electrons. The Morgan fingerprint density at radius 1 is 1.44 bits per heavy atom. The van der Waals surface area contributed by atoms with Crippen molar-refractivity contribution in [2.75, 3.05) is 26.2 Å². The highest BCUT2D eigenvalue weighted by atomic mass is 16.3. The third kappa shape index (κ3) is 1.84. The first-order valence-corrected chi connectivity index (χ1v) is 6.11. The van der Waals surface area contributed by atoms with E-state index in [2.05, 4.69) is 5.32 Å². The second-order valence-corrected chi connectivity index (χ2v) is 5.69. The summed E-state index contributed by atoms with van der Waals surface area (Å²) in [7, 11) is 0. The second-order valence-electron chi connectivity index (χ2n) is 5.69. The van der Waals surface area contributed by atoms with Crippen LogP contribution in [0.3, 0.4) is 0 Å². The summed E-state index contributed by atoms with van der Waals surface area (Å²) >= 11 is 0. The number of nitrogens with zero attached hydrogens (tertiary/aromatic N) is 1. The molecule has 2 heterocycles. The van der Waals surface area contributed by atoms with Crippen LogP contribution in [0.25, 0.3) is 0 Å². The van der Waals surface area contributed by atoms with E-state index in [0.717, 1.165) is 38.9 Å². The lowest BCUT2D eigenvalue weighted by Crippen LogP contribution is -2.46. The number of hydrogen-bond acceptors (Lipinski definition) is 3. The number of carbonyl (C=O) groups is 1. The quantitative estimate of drug-likeness (QED) is 0.679. The van der Waals surface area contributed by atoms with Crippen LogP contribution in [0.5, 0.6) is 0 Å². The molecule has 0 aromatic heterocycles. The fourth-order valence-corrected chi connectivity index (χ4v) is 3.41. The molecule has 2 N–H and O–H groups in total. The van der Waals surface area contributed by atoms with Gasteiger partial charge in [-0.15, -0.1) is 0 Å². The van der Waals surface area contributed by atoms with Gasteiger partial charge in [0.1, 0.15) is 0 Å². The number of rotatable bonds is 1. The topological polar surface area (TPSA) is 52.6 Å². The van der Waals surface area contributed by atoms with Gasteiger partial charge in [-0.2, -0.15) is 0 Å². The molecule has 2 rings (SSSR count). The molecular formula is C12H22N2O2. The van der Waals surface area contributed by atoms with Crippen LogP contribution in [0.15, 0.2) is 0 Å². The van der Waals surface area contributed by atoms with Crippen molar-refractivity contribution >= 4 is 5.91 Å². The average Bonchev–Trinajstić information content (AvgIpc) is 2.54. The van der Waals surface area contributed by atoms with Crippen molar-refractivity contribution in [1.82, 2.24) is 10.2 Å². The van der Waals surface area contributed by atoms with Gasteiger partial charge in [-0.25, -0.2) is 0 Å². The van der Waals surface area contributed by atoms with Crippen molar-refractivity contribution < 1.29 is 9.90 Å². The lowest BCUT2D eigenvalue weighted by atomic mass is 9.75. The monoisotopic (exact) mass is 226 g/mol. The molecule has 2 aliphatic heterocycles. The number of aliphatic hydroxyl groups excluding tert-OH is 1. The summed E-state index contributed by atoms with van der Waals surface area (Å²) in [6.07, 6.45) is 3.18. The third-order valence-electron chi connectivity index (χ3n) is 4.29. The highest BCUT2D eigenvalue weighted by molar-refractivity contribution is 5.74. The molecular weight excluding hydrogens is 204 g/mol. The smallest absolute Gasteiger partial charge is 0.219 e. The molecule has 0 saturated carbocycles. The number of carbonyl (C=O) groups excluding carboxylic acids is 1. The first-order chi connectivity index (χ1) is 7.51. The maximum absolute atomic E-state index is 11.6. The minimum absolute atomic E-state index is 0.0712. The molecule has 2 fully saturated rings. The molecule has 0 aromatic rings. The summed E-state index contributed by atoms with van der Waals surface area (Å²) in [4.78, 5) is 13.5. The summed E-state index contributed by atoms with van der Waals surface area (Å²) < 4.78 is 0. The second kappa shape index (κ2) is 4.00. The lowest BCUT2D eigenvalue weighted by molar-refractivity contribution is -0.133. The standard InChI is InChI=1S/C12H22N2O2/c1-10(16)14-8-12(3-5-13-6-4-12)7-11(14,2)9-15/h13,15H,3-9H2,1-2H3/t11-/m0/s1. The van der Waals surface area contributed by atoms with Crippen molar-refractivity contribution in [2.45, 2.75) is 38.6 Å². The minimum Gasteiger partial charge on any atom is -0.394 e. The van der Waals surface area contributed by atoms with Crippen LogP contribution < -0.4 is 5.32 Å². The van der Waals surface area contributed by atoms with Crippen LogP contribution in [0.1, 0.15) is 33.1 Å². The molecule has 0 aromatic carbocycles. The van der Waals surface area contributed by atoms with Crippen molar-refractivity contribution in [3.8, 4) is 0 Å². The molecule has 1 atom stereocenters. The van der Waals surface area contributed by atoms with Crippen molar-refractivity contribution in [3.05, 3.63) is 0 Å². The van der Waals surface area contributed by atoms with Gasteiger partial charge in [0.05, 0.1) is 12.1 Å². The van der Waals surface area contributed by atoms with Crippen LogP contribution in [0.2, 0.25) is 0 Å². The zero-order valence-electron chi connectivity index (χ0n) is 10.3. The van der Waals surface area contributed by atoms with E-state index in [1.54, 1.807) is 6.92 Å². The van der Waals surface area contributed by atoms with Gasteiger partial charge in [-0.1, -0.05) is 0 Å². The number of amides is 1. The predicted octanol–water partition coefficient (Wildman–Crippen LogP) is 0.359. The molecule has 4 heteroatoms. The molecule has 0 unspecified atom stereocenters. The summed E-state index contributed by atoms with van der Waals surface area (Å²) in [6, 6.07) is 0. The van der Waals surface area contributed by atoms with Crippen LogP contribution in [-0.4, -0.2) is 47.7 Å². The van der Waals surface area contributed by atoms with Crippen molar-refractivity contribution in [1.29, 1.82) is 0 Å². The Balaban J connectivity index is 2.20. The summed E-state index contributed by atoms with van der Waals surface area (Å²) in [6.45, 7) is 6.57. The Labute approximate surface area is 97.0 Å². The highest BCUT2D eigenvalue weighted by Crippen LogP contribution is 2.46. The fraction of sp³-hybridized carbons (Fsp3) is 0.917. The van der Waals surface area contributed by atoms with E-state index in [1.165, 1.54) is 0 Å². The van der Waals surface area contributed by atoms with Gasteiger partial charge in [0.15, 0.2) is 0 Å². The molecule has 0 radical (unpaired) electrons. The van der Waals surface area contributed by atoms with E-state index in [4.69, 9.17) is 0 Å². The van der Waals surface area contributed by atoms with Gasteiger partial charge in [0.25, 0.3) is 0 Å². The number of likely N-dealkylation sites (tertiary alicyclic amines) is 1. The van der Waals surface area contributed by atoms with Gasteiger partial charge in [-0.3, -0.25) is 4.79 Å². The van der Waals surface area contributed by atoms with Gasteiger partial charge < -0.3 is 15.3 Å². The van der Waals surface area contributed by atoms with Crippen LogP contribution in [0, 0.1) is 5.41 Å². The largest absolute Gasteiger partial charge is 0.394 e. The van der Waals surface area contributed by atoms with Crippen LogP contribution >= 0.6 is 0 Å². The first kappa shape index (κ1) is 11.9. The first-order valence-electron chi connectivity index (χ1n) is 6.11. The Hall–Kier alpha value is -0.610. The zero-order chi connectivity index (χ0) is 11.8. The van der Waals surface area contributed by atoms with Gasteiger partial charge in [-0.05, 0) is 44.7 Å². The van der Waals surface area contributed by atoms with E-state index in [1.807, 2.05) is 11.8 Å². The van der Waals surface area contributed by atoms with E-state index in [0.29, 0.717) is 0 Å². The van der Waals surface area contributed by atoms with Crippen LogP contribution in [0.4, 0.5) is 0 Å². The fourth-order valence-electron chi connectivity index (χ4n) is 3.41. The Bertz CT molecular complexity index is 287. The van der Waals surface area contributed by atoms with Crippen molar-refractivity contribution in [3.63, 3.8) is 0 Å². The summed E-state index contributed by atoms with van der Waals surface area (Å²) in [5.41, 5.74) is -0.0996. The number of hydrogen-bond donors (Lipinski definition) is 2. The maximum atomic E-state index is 11.6. The number of nitrogens with one attached hydrogen (secondary N) is 1. The molecule has 2 saturated heterocycles. The third-order valence-corrected chi connectivity index (χ3v) is 4.29.